The van der Waals surface area contributed by atoms with Gasteiger partial charge < -0.3 is 5.73 Å². The van der Waals surface area contributed by atoms with Gasteiger partial charge in [0, 0.05) is 16.6 Å². The van der Waals surface area contributed by atoms with Crippen LogP contribution < -0.4 is 5.73 Å². The summed E-state index contributed by atoms with van der Waals surface area (Å²) < 4.78 is 0. The van der Waals surface area contributed by atoms with Crippen molar-refractivity contribution in [2.75, 3.05) is 12.3 Å². The van der Waals surface area contributed by atoms with Gasteiger partial charge >= 0.3 is 0 Å². The standard InChI is InChI=1S/C18H23NS/c1-14(2)15-8-10-18(11-9-15)20-13-17(12-19)16-6-4-3-5-7-16/h3-11,14,17H,12-13,19H2,1-2H3. The van der Waals surface area contributed by atoms with Crippen LogP contribution in [0, 0.1) is 0 Å². The van der Waals surface area contributed by atoms with Crippen molar-refractivity contribution >= 4 is 11.8 Å². The Morgan fingerprint density at radius 1 is 0.900 bits per heavy atom. The summed E-state index contributed by atoms with van der Waals surface area (Å²) in [7, 11) is 0. The Morgan fingerprint density at radius 2 is 1.55 bits per heavy atom. The van der Waals surface area contributed by atoms with E-state index in [2.05, 4.69) is 68.4 Å². The first kappa shape index (κ1) is 15.1. The second-order valence-corrected chi connectivity index (χ2v) is 6.47. The molecule has 0 bridgehead atoms. The van der Waals surface area contributed by atoms with Gasteiger partial charge in [-0.25, -0.2) is 0 Å². The van der Waals surface area contributed by atoms with Gasteiger partial charge in [-0.2, -0.15) is 0 Å². The lowest BCUT2D eigenvalue weighted by molar-refractivity contribution is 0.785. The normalized spacial score (nSPS) is 12.6. The molecule has 0 saturated carbocycles. The summed E-state index contributed by atoms with van der Waals surface area (Å²) in [5.41, 5.74) is 8.65. The van der Waals surface area contributed by atoms with E-state index in [9.17, 15) is 0 Å². The number of benzene rings is 2. The van der Waals surface area contributed by atoms with Crippen LogP contribution in [0.2, 0.25) is 0 Å². The van der Waals surface area contributed by atoms with Crippen molar-refractivity contribution in [2.24, 2.45) is 5.73 Å². The first-order valence-corrected chi connectivity index (χ1v) is 8.17. The molecule has 0 spiro atoms. The highest BCUT2D eigenvalue weighted by atomic mass is 32.2. The largest absolute Gasteiger partial charge is 0.330 e. The van der Waals surface area contributed by atoms with E-state index in [1.807, 2.05) is 11.8 Å². The molecular weight excluding hydrogens is 262 g/mol. The first-order chi connectivity index (χ1) is 9.70. The van der Waals surface area contributed by atoms with Gasteiger partial charge in [-0.1, -0.05) is 56.3 Å². The first-order valence-electron chi connectivity index (χ1n) is 7.18. The summed E-state index contributed by atoms with van der Waals surface area (Å²) in [5.74, 6) is 2.04. The molecule has 2 heteroatoms. The van der Waals surface area contributed by atoms with E-state index in [0.29, 0.717) is 18.4 Å². The highest BCUT2D eigenvalue weighted by Crippen LogP contribution is 2.27. The predicted octanol–water partition coefficient (Wildman–Crippen LogP) is 4.64. The summed E-state index contributed by atoms with van der Waals surface area (Å²) in [6.07, 6.45) is 0. The third-order valence-corrected chi connectivity index (χ3v) is 4.73. The maximum atomic E-state index is 5.92. The van der Waals surface area contributed by atoms with Crippen molar-refractivity contribution in [2.45, 2.75) is 30.6 Å². The second-order valence-electron chi connectivity index (χ2n) is 5.38. The van der Waals surface area contributed by atoms with E-state index >= 15 is 0 Å². The Morgan fingerprint density at radius 3 is 2.10 bits per heavy atom. The van der Waals surface area contributed by atoms with Gasteiger partial charge in [-0.15, -0.1) is 11.8 Å². The van der Waals surface area contributed by atoms with Crippen LogP contribution in [0.1, 0.15) is 36.8 Å². The van der Waals surface area contributed by atoms with Crippen LogP contribution in [0.4, 0.5) is 0 Å². The fourth-order valence-corrected chi connectivity index (χ4v) is 3.22. The van der Waals surface area contributed by atoms with Gasteiger partial charge in [-0.05, 0) is 35.7 Å². The van der Waals surface area contributed by atoms with E-state index in [1.165, 1.54) is 16.0 Å². The SMILES string of the molecule is CC(C)c1ccc(SCC(CN)c2ccccc2)cc1. The van der Waals surface area contributed by atoms with Gasteiger partial charge in [-0.3, -0.25) is 0 Å². The molecule has 2 N–H and O–H groups in total. The lowest BCUT2D eigenvalue weighted by atomic mass is 10.0. The summed E-state index contributed by atoms with van der Waals surface area (Å²) in [5, 5.41) is 0. The predicted molar refractivity (Wildman–Crippen MR) is 89.5 cm³/mol. The Labute approximate surface area is 126 Å². The van der Waals surface area contributed by atoms with Crippen LogP contribution in [-0.2, 0) is 0 Å². The molecule has 0 fully saturated rings. The van der Waals surface area contributed by atoms with Crippen molar-refractivity contribution in [3.63, 3.8) is 0 Å². The fraction of sp³-hybridized carbons (Fsp3) is 0.333. The highest BCUT2D eigenvalue weighted by Gasteiger charge is 2.10. The number of rotatable bonds is 6. The molecule has 106 valence electrons. The Hall–Kier alpha value is -1.25. The summed E-state index contributed by atoms with van der Waals surface area (Å²) in [6.45, 7) is 5.14. The zero-order valence-electron chi connectivity index (χ0n) is 12.3. The van der Waals surface area contributed by atoms with Crippen LogP contribution in [0.3, 0.4) is 0 Å². The quantitative estimate of drug-likeness (QED) is 0.782. The van der Waals surface area contributed by atoms with Crippen LogP contribution >= 0.6 is 11.8 Å². The molecule has 0 heterocycles. The Bertz CT molecular complexity index is 505. The molecular formula is C18H23NS. The fourth-order valence-electron chi connectivity index (χ4n) is 2.17. The summed E-state index contributed by atoms with van der Waals surface area (Å²) >= 11 is 1.89. The van der Waals surface area contributed by atoms with Crippen molar-refractivity contribution in [3.8, 4) is 0 Å². The molecule has 0 amide bonds. The third kappa shape index (κ3) is 4.12. The van der Waals surface area contributed by atoms with E-state index < -0.39 is 0 Å². The average Bonchev–Trinajstić information content (AvgIpc) is 2.49. The summed E-state index contributed by atoms with van der Waals surface area (Å²) in [4.78, 5) is 1.32. The van der Waals surface area contributed by atoms with Gasteiger partial charge in [0.05, 0.1) is 0 Å². The minimum Gasteiger partial charge on any atom is -0.330 e. The van der Waals surface area contributed by atoms with Crippen molar-refractivity contribution in [1.82, 2.24) is 0 Å². The van der Waals surface area contributed by atoms with Crippen molar-refractivity contribution < 1.29 is 0 Å². The monoisotopic (exact) mass is 285 g/mol. The molecule has 0 aromatic heterocycles. The molecule has 0 aliphatic heterocycles. The van der Waals surface area contributed by atoms with Crippen LogP contribution in [0.25, 0.3) is 0 Å². The lowest BCUT2D eigenvalue weighted by Crippen LogP contribution is -2.14. The molecule has 1 atom stereocenters. The zero-order valence-corrected chi connectivity index (χ0v) is 13.1. The van der Waals surface area contributed by atoms with E-state index in [0.717, 1.165) is 5.75 Å². The molecule has 1 nitrogen and oxygen atoms in total. The van der Waals surface area contributed by atoms with Gasteiger partial charge in [0.15, 0.2) is 0 Å². The smallest absolute Gasteiger partial charge is 0.00723 e. The molecule has 1 unspecified atom stereocenters. The molecule has 2 rings (SSSR count). The number of nitrogens with two attached hydrogens (primary N) is 1. The van der Waals surface area contributed by atoms with Crippen LogP contribution in [0.5, 0.6) is 0 Å². The topological polar surface area (TPSA) is 26.0 Å². The maximum Gasteiger partial charge on any atom is 0.00723 e. The minimum atomic E-state index is 0.422. The molecule has 2 aromatic rings. The molecule has 0 aliphatic carbocycles. The van der Waals surface area contributed by atoms with Crippen LogP contribution in [-0.4, -0.2) is 12.3 Å². The highest BCUT2D eigenvalue weighted by molar-refractivity contribution is 7.99. The average molecular weight is 285 g/mol. The number of thioether (sulfide) groups is 1. The van der Waals surface area contributed by atoms with Gasteiger partial charge in [0.1, 0.15) is 0 Å². The Kier molecular flexibility index (Phi) is 5.69. The molecule has 20 heavy (non-hydrogen) atoms. The third-order valence-electron chi connectivity index (χ3n) is 3.55. The van der Waals surface area contributed by atoms with E-state index in [1.54, 1.807) is 0 Å². The molecule has 0 aliphatic rings. The maximum absolute atomic E-state index is 5.92. The van der Waals surface area contributed by atoms with E-state index in [4.69, 9.17) is 5.73 Å². The minimum absolute atomic E-state index is 0.422. The molecule has 0 saturated heterocycles. The van der Waals surface area contributed by atoms with Crippen molar-refractivity contribution in [1.29, 1.82) is 0 Å². The molecule has 0 radical (unpaired) electrons. The Balaban J connectivity index is 1.96. The molecule has 2 aromatic carbocycles. The van der Waals surface area contributed by atoms with Crippen molar-refractivity contribution in [3.05, 3.63) is 65.7 Å². The van der Waals surface area contributed by atoms with E-state index in [-0.39, 0.29) is 0 Å². The summed E-state index contributed by atoms with van der Waals surface area (Å²) in [6, 6.07) is 19.5. The lowest BCUT2D eigenvalue weighted by Gasteiger charge is -2.15. The number of hydrogen-bond acceptors (Lipinski definition) is 2. The van der Waals surface area contributed by atoms with Gasteiger partial charge in [0.2, 0.25) is 0 Å². The second kappa shape index (κ2) is 7.51. The van der Waals surface area contributed by atoms with Crippen LogP contribution in [0.15, 0.2) is 59.5 Å². The number of hydrogen-bond donors (Lipinski definition) is 1. The zero-order chi connectivity index (χ0) is 14.4. The van der Waals surface area contributed by atoms with Gasteiger partial charge in [0.25, 0.3) is 0 Å².